The van der Waals surface area contributed by atoms with E-state index in [1.807, 2.05) is 12.1 Å². The van der Waals surface area contributed by atoms with E-state index >= 15 is 0 Å². The van der Waals surface area contributed by atoms with E-state index in [9.17, 15) is 0 Å². The van der Waals surface area contributed by atoms with Crippen molar-refractivity contribution in [3.05, 3.63) is 52.4 Å². The molecule has 6 nitrogen and oxygen atoms in total. The fourth-order valence-electron chi connectivity index (χ4n) is 3.95. The molecule has 1 fully saturated rings. The number of benzene rings is 1. The Hall–Kier alpha value is -2.05. The van der Waals surface area contributed by atoms with Crippen LogP contribution in [-0.2, 0) is 13.1 Å². The van der Waals surface area contributed by atoms with E-state index in [0.29, 0.717) is 18.5 Å². The molecule has 164 valence electrons. The maximum absolute atomic E-state index is 5.98. The molecule has 2 aromatic rings. The van der Waals surface area contributed by atoms with E-state index in [0.717, 1.165) is 67.8 Å². The zero-order valence-electron chi connectivity index (χ0n) is 18.3. The third kappa shape index (κ3) is 6.47. The number of aliphatic imine (C=N–C) groups is 1. The second-order valence-corrected chi connectivity index (χ2v) is 8.41. The highest BCUT2D eigenvalue weighted by atomic mass is 35.5. The second kappa shape index (κ2) is 11.4. The lowest BCUT2D eigenvalue weighted by molar-refractivity contribution is 0.198. The average Bonchev–Trinajstić information content (AvgIpc) is 3.23. The molecule has 0 aliphatic carbocycles. The van der Waals surface area contributed by atoms with Gasteiger partial charge in [0.1, 0.15) is 0 Å². The van der Waals surface area contributed by atoms with Crippen LogP contribution in [0, 0.1) is 0 Å². The maximum atomic E-state index is 5.98. The minimum Gasteiger partial charge on any atom is -0.359 e. The van der Waals surface area contributed by atoms with Gasteiger partial charge in [-0.05, 0) is 43.4 Å². The second-order valence-electron chi connectivity index (χ2n) is 7.98. The van der Waals surface area contributed by atoms with Crippen molar-refractivity contribution in [3.8, 4) is 0 Å². The number of hydrogen-bond donors (Lipinski definition) is 2. The number of guanidine groups is 1. The van der Waals surface area contributed by atoms with Crippen molar-refractivity contribution in [2.75, 3.05) is 20.1 Å². The van der Waals surface area contributed by atoms with Gasteiger partial charge >= 0.3 is 0 Å². The number of nitrogens with one attached hydrogen (secondary N) is 2. The first-order valence-corrected chi connectivity index (χ1v) is 11.4. The molecule has 2 N–H and O–H groups in total. The van der Waals surface area contributed by atoms with Crippen molar-refractivity contribution in [1.82, 2.24) is 20.7 Å². The van der Waals surface area contributed by atoms with Crippen molar-refractivity contribution in [1.29, 1.82) is 0 Å². The van der Waals surface area contributed by atoms with Gasteiger partial charge in [0.2, 0.25) is 0 Å². The Morgan fingerprint density at radius 3 is 2.57 bits per heavy atom. The highest BCUT2D eigenvalue weighted by Gasteiger charge is 2.20. The van der Waals surface area contributed by atoms with Gasteiger partial charge in [-0.3, -0.25) is 9.89 Å². The molecule has 7 heteroatoms. The van der Waals surface area contributed by atoms with E-state index in [2.05, 4.69) is 57.7 Å². The Kier molecular flexibility index (Phi) is 8.58. The lowest BCUT2D eigenvalue weighted by Crippen LogP contribution is -2.48. The Balaban J connectivity index is 1.41. The van der Waals surface area contributed by atoms with Gasteiger partial charge in [0.25, 0.3) is 0 Å². The van der Waals surface area contributed by atoms with Gasteiger partial charge in [0.15, 0.2) is 11.7 Å². The van der Waals surface area contributed by atoms with Crippen LogP contribution in [0.4, 0.5) is 0 Å². The van der Waals surface area contributed by atoms with Crippen LogP contribution >= 0.6 is 11.6 Å². The standard InChI is InChI=1S/C23H34ClN5O/c1-4-18(5-2)22-14-21(30-28-22)15-26-23(25-3)27-20-10-12-29(13-11-20)16-17-6-8-19(24)9-7-17/h6-9,14,18,20H,4-5,10-13,15-16H2,1-3H3,(H2,25,26,27). The van der Waals surface area contributed by atoms with E-state index in [1.165, 1.54) is 5.56 Å². The molecule has 0 atom stereocenters. The van der Waals surface area contributed by atoms with Crippen molar-refractivity contribution < 1.29 is 4.52 Å². The Morgan fingerprint density at radius 2 is 1.93 bits per heavy atom. The van der Waals surface area contributed by atoms with Gasteiger partial charge in [-0.25, -0.2) is 0 Å². The molecule has 1 aliphatic rings. The van der Waals surface area contributed by atoms with Crippen LogP contribution in [0.1, 0.15) is 62.5 Å². The number of nitrogens with zero attached hydrogens (tertiary/aromatic N) is 3. The summed E-state index contributed by atoms with van der Waals surface area (Å²) in [7, 11) is 1.81. The summed E-state index contributed by atoms with van der Waals surface area (Å²) >= 11 is 5.98. The van der Waals surface area contributed by atoms with Crippen LogP contribution in [0.25, 0.3) is 0 Å². The van der Waals surface area contributed by atoms with Gasteiger partial charge < -0.3 is 15.2 Å². The number of piperidine rings is 1. The molecular formula is C23H34ClN5O. The molecule has 0 amide bonds. The molecule has 2 heterocycles. The SMILES string of the molecule is CCC(CC)c1cc(CNC(=NC)NC2CCN(Cc3ccc(Cl)cc3)CC2)on1. The number of aromatic nitrogens is 1. The predicted octanol–water partition coefficient (Wildman–Crippen LogP) is 4.56. The molecule has 0 spiro atoms. The maximum Gasteiger partial charge on any atom is 0.191 e. The highest BCUT2D eigenvalue weighted by molar-refractivity contribution is 6.30. The number of halogens is 1. The predicted molar refractivity (Wildman–Crippen MR) is 123 cm³/mol. The van der Waals surface area contributed by atoms with E-state index < -0.39 is 0 Å². The van der Waals surface area contributed by atoms with Gasteiger partial charge in [0.05, 0.1) is 12.2 Å². The first-order valence-electron chi connectivity index (χ1n) is 11.0. The van der Waals surface area contributed by atoms with Crippen LogP contribution < -0.4 is 10.6 Å². The number of rotatable bonds is 8. The zero-order chi connectivity index (χ0) is 21.3. The summed E-state index contributed by atoms with van der Waals surface area (Å²) in [6.07, 6.45) is 4.34. The third-order valence-corrected chi connectivity index (χ3v) is 6.13. The first-order chi connectivity index (χ1) is 14.6. The van der Waals surface area contributed by atoms with Crippen LogP contribution in [-0.4, -0.2) is 42.2 Å². The van der Waals surface area contributed by atoms with Gasteiger partial charge in [-0.2, -0.15) is 0 Å². The monoisotopic (exact) mass is 431 g/mol. The largest absolute Gasteiger partial charge is 0.359 e. The third-order valence-electron chi connectivity index (χ3n) is 5.88. The lowest BCUT2D eigenvalue weighted by Gasteiger charge is -2.33. The van der Waals surface area contributed by atoms with Crippen molar-refractivity contribution in [2.45, 2.75) is 64.6 Å². The van der Waals surface area contributed by atoms with Gasteiger partial charge in [-0.1, -0.05) is 42.7 Å². The average molecular weight is 432 g/mol. The summed E-state index contributed by atoms with van der Waals surface area (Å²) < 4.78 is 5.50. The molecule has 0 bridgehead atoms. The minimum atomic E-state index is 0.424. The summed E-state index contributed by atoms with van der Waals surface area (Å²) in [5.41, 5.74) is 2.36. The fraction of sp³-hybridized carbons (Fsp3) is 0.565. The van der Waals surface area contributed by atoms with E-state index in [4.69, 9.17) is 16.1 Å². The number of likely N-dealkylation sites (tertiary alicyclic amines) is 1. The lowest BCUT2D eigenvalue weighted by atomic mass is 9.99. The Labute approximate surface area is 185 Å². The quantitative estimate of drug-likeness (QED) is 0.473. The van der Waals surface area contributed by atoms with Crippen LogP contribution in [0.2, 0.25) is 5.02 Å². The van der Waals surface area contributed by atoms with Crippen LogP contribution in [0.15, 0.2) is 39.8 Å². The highest BCUT2D eigenvalue weighted by Crippen LogP contribution is 2.22. The Morgan fingerprint density at radius 1 is 1.23 bits per heavy atom. The fourth-order valence-corrected chi connectivity index (χ4v) is 4.08. The Bertz CT molecular complexity index is 792. The van der Waals surface area contributed by atoms with Crippen LogP contribution in [0.5, 0.6) is 0 Å². The van der Waals surface area contributed by atoms with Crippen molar-refractivity contribution in [3.63, 3.8) is 0 Å². The summed E-state index contributed by atoms with van der Waals surface area (Å²) in [6.45, 7) is 8.07. The zero-order valence-corrected chi connectivity index (χ0v) is 19.1. The first kappa shape index (κ1) is 22.6. The molecule has 1 saturated heterocycles. The number of hydrogen-bond acceptors (Lipinski definition) is 4. The molecule has 0 saturated carbocycles. The van der Waals surface area contributed by atoms with E-state index in [1.54, 1.807) is 7.05 Å². The summed E-state index contributed by atoms with van der Waals surface area (Å²) in [5, 5.41) is 11.9. The van der Waals surface area contributed by atoms with Crippen molar-refractivity contribution >= 4 is 17.6 Å². The summed E-state index contributed by atoms with van der Waals surface area (Å²) in [6, 6.07) is 10.6. The molecule has 3 rings (SSSR count). The molecule has 1 aromatic carbocycles. The van der Waals surface area contributed by atoms with Gasteiger partial charge in [0, 0.05) is 49.7 Å². The molecule has 30 heavy (non-hydrogen) atoms. The van der Waals surface area contributed by atoms with Crippen LogP contribution in [0.3, 0.4) is 0 Å². The minimum absolute atomic E-state index is 0.424. The molecule has 1 aliphatic heterocycles. The van der Waals surface area contributed by atoms with E-state index in [-0.39, 0.29) is 0 Å². The normalized spacial score (nSPS) is 16.2. The smallest absolute Gasteiger partial charge is 0.191 e. The topological polar surface area (TPSA) is 65.7 Å². The summed E-state index contributed by atoms with van der Waals surface area (Å²) in [5.74, 6) is 2.13. The molecule has 1 aromatic heterocycles. The summed E-state index contributed by atoms with van der Waals surface area (Å²) in [4.78, 5) is 6.86. The van der Waals surface area contributed by atoms with Gasteiger partial charge in [-0.15, -0.1) is 0 Å². The molecule has 0 radical (unpaired) electrons. The molecule has 0 unspecified atom stereocenters. The van der Waals surface area contributed by atoms with Crippen molar-refractivity contribution in [2.24, 2.45) is 4.99 Å². The molecular weight excluding hydrogens is 398 g/mol.